The molecule has 5 nitrogen and oxygen atoms in total. The number of fused-ring (bicyclic) bond motifs is 1. The van der Waals surface area contributed by atoms with Gasteiger partial charge in [-0.25, -0.2) is 0 Å². The second-order valence-electron chi connectivity index (χ2n) is 2.70. The van der Waals surface area contributed by atoms with Gasteiger partial charge in [0.2, 0.25) is 0 Å². The summed E-state index contributed by atoms with van der Waals surface area (Å²) in [7, 11) is 0. The first-order valence-corrected chi connectivity index (χ1v) is 3.68. The number of nitrogens with two attached hydrogens (primary N) is 2. The van der Waals surface area contributed by atoms with Crippen LogP contribution in [0.5, 0.6) is 11.5 Å². The molecule has 7 heteroatoms. The highest BCUT2D eigenvalue weighted by Gasteiger charge is 2.43. The van der Waals surface area contributed by atoms with Crippen LogP contribution in [0.15, 0.2) is 12.1 Å². The van der Waals surface area contributed by atoms with Gasteiger partial charge in [0.25, 0.3) is 0 Å². The minimum absolute atomic E-state index is 0.0999. The normalized spacial score (nSPS) is 16.8. The Kier molecular flexibility index (Phi) is 1.65. The van der Waals surface area contributed by atoms with Crippen LogP contribution in [0.2, 0.25) is 0 Å². The lowest BCUT2D eigenvalue weighted by molar-refractivity contribution is -0.286. The lowest BCUT2D eigenvalue weighted by atomic mass is 10.2. The van der Waals surface area contributed by atoms with E-state index in [1.54, 1.807) is 0 Å². The van der Waals surface area contributed by atoms with Crippen LogP contribution in [0.3, 0.4) is 0 Å². The van der Waals surface area contributed by atoms with E-state index in [-0.39, 0.29) is 17.2 Å². The maximum absolute atomic E-state index is 12.6. The van der Waals surface area contributed by atoms with Crippen LogP contribution in [0.25, 0.3) is 0 Å². The van der Waals surface area contributed by atoms with Crippen molar-refractivity contribution in [2.24, 2.45) is 5.84 Å². The molecule has 0 unspecified atom stereocenters. The van der Waals surface area contributed by atoms with Gasteiger partial charge in [-0.3, -0.25) is 5.84 Å². The first kappa shape index (κ1) is 8.82. The molecule has 1 heterocycles. The van der Waals surface area contributed by atoms with Crippen molar-refractivity contribution in [2.75, 3.05) is 11.2 Å². The van der Waals surface area contributed by atoms with Gasteiger partial charge < -0.3 is 20.6 Å². The third-order valence-electron chi connectivity index (χ3n) is 1.73. The number of anilines is 2. The first-order valence-electron chi connectivity index (χ1n) is 3.68. The van der Waals surface area contributed by atoms with E-state index in [9.17, 15) is 8.78 Å². The Labute approximate surface area is 77.5 Å². The number of hydrogen-bond acceptors (Lipinski definition) is 5. The fourth-order valence-corrected chi connectivity index (χ4v) is 1.14. The molecule has 0 saturated carbocycles. The molecule has 0 bridgehead atoms. The summed E-state index contributed by atoms with van der Waals surface area (Å²) in [6.45, 7) is 0. The standard InChI is InChI=1S/C7H7F2N3O2/c8-7(9)13-5-1-3(10)4(12-11)2-6(5)14-7/h1-2,12H,10-11H2. The Morgan fingerprint density at radius 2 is 1.79 bits per heavy atom. The molecule has 0 aliphatic carbocycles. The van der Waals surface area contributed by atoms with E-state index in [0.29, 0.717) is 5.69 Å². The van der Waals surface area contributed by atoms with Crippen molar-refractivity contribution in [1.29, 1.82) is 0 Å². The second-order valence-corrected chi connectivity index (χ2v) is 2.70. The number of hydrogen-bond donors (Lipinski definition) is 3. The summed E-state index contributed by atoms with van der Waals surface area (Å²) in [6, 6.07) is 2.46. The van der Waals surface area contributed by atoms with Crippen molar-refractivity contribution in [1.82, 2.24) is 0 Å². The summed E-state index contributed by atoms with van der Waals surface area (Å²) in [5.41, 5.74) is 8.21. The zero-order chi connectivity index (χ0) is 10.3. The van der Waals surface area contributed by atoms with Crippen LogP contribution in [-0.4, -0.2) is 6.29 Å². The molecule has 1 aliphatic rings. The molecule has 1 aromatic carbocycles. The number of hydrazine groups is 1. The Morgan fingerprint density at radius 3 is 2.36 bits per heavy atom. The van der Waals surface area contributed by atoms with E-state index in [1.807, 2.05) is 0 Å². The maximum Gasteiger partial charge on any atom is 0.586 e. The van der Waals surface area contributed by atoms with Crippen molar-refractivity contribution in [3.8, 4) is 11.5 Å². The summed E-state index contributed by atoms with van der Waals surface area (Å²) < 4.78 is 33.5. The lowest BCUT2D eigenvalue weighted by Crippen LogP contribution is -2.25. The van der Waals surface area contributed by atoms with Gasteiger partial charge >= 0.3 is 6.29 Å². The zero-order valence-corrected chi connectivity index (χ0v) is 6.88. The third-order valence-corrected chi connectivity index (χ3v) is 1.73. The molecule has 0 aromatic heterocycles. The molecule has 14 heavy (non-hydrogen) atoms. The molecule has 0 spiro atoms. The average molecular weight is 203 g/mol. The monoisotopic (exact) mass is 203 g/mol. The van der Waals surface area contributed by atoms with Crippen LogP contribution < -0.4 is 26.5 Å². The quantitative estimate of drug-likeness (QED) is 0.358. The van der Waals surface area contributed by atoms with E-state index in [4.69, 9.17) is 11.6 Å². The van der Waals surface area contributed by atoms with E-state index in [1.165, 1.54) is 12.1 Å². The molecule has 0 atom stereocenters. The van der Waals surface area contributed by atoms with Gasteiger partial charge in [-0.15, -0.1) is 8.78 Å². The van der Waals surface area contributed by atoms with Crippen molar-refractivity contribution >= 4 is 11.4 Å². The number of halogens is 2. The van der Waals surface area contributed by atoms with Gasteiger partial charge in [-0.2, -0.15) is 0 Å². The van der Waals surface area contributed by atoms with Gasteiger partial charge in [-0.05, 0) is 0 Å². The number of nitrogen functional groups attached to an aromatic ring is 2. The van der Waals surface area contributed by atoms with Gasteiger partial charge in [0.05, 0.1) is 11.4 Å². The van der Waals surface area contributed by atoms with E-state index in [2.05, 4.69) is 14.9 Å². The van der Waals surface area contributed by atoms with Gasteiger partial charge in [0.15, 0.2) is 11.5 Å². The van der Waals surface area contributed by atoms with Crippen molar-refractivity contribution < 1.29 is 18.3 Å². The second kappa shape index (κ2) is 2.61. The molecule has 1 aromatic rings. The number of nitrogens with one attached hydrogen (secondary N) is 1. The molecule has 1 aliphatic heterocycles. The Bertz CT molecular complexity index is 383. The molecule has 0 amide bonds. The van der Waals surface area contributed by atoms with E-state index >= 15 is 0 Å². The smallest absolute Gasteiger partial charge is 0.397 e. The third kappa shape index (κ3) is 1.27. The summed E-state index contributed by atoms with van der Waals surface area (Å²) in [5.74, 6) is 4.89. The van der Waals surface area contributed by atoms with Gasteiger partial charge in [0.1, 0.15) is 0 Å². The lowest BCUT2D eigenvalue weighted by Gasteiger charge is -2.04. The molecular weight excluding hydrogens is 196 g/mol. The van der Waals surface area contributed by atoms with Crippen LogP contribution >= 0.6 is 0 Å². The maximum atomic E-state index is 12.6. The number of alkyl halides is 2. The molecule has 5 N–H and O–H groups in total. The van der Waals surface area contributed by atoms with Crippen LogP contribution in [0.4, 0.5) is 20.2 Å². The molecule has 2 rings (SSSR count). The molecule has 0 radical (unpaired) electrons. The summed E-state index contributed by atoms with van der Waals surface area (Å²) in [4.78, 5) is 0. The number of benzene rings is 1. The van der Waals surface area contributed by atoms with Crippen molar-refractivity contribution in [2.45, 2.75) is 6.29 Å². The minimum Gasteiger partial charge on any atom is -0.397 e. The fraction of sp³-hybridized carbons (Fsp3) is 0.143. The van der Waals surface area contributed by atoms with Crippen LogP contribution in [-0.2, 0) is 0 Å². The fourth-order valence-electron chi connectivity index (χ4n) is 1.14. The highest BCUT2D eigenvalue weighted by Crippen LogP contribution is 2.44. The Hall–Kier alpha value is -1.76. The predicted octanol–water partition coefficient (Wildman–Crippen LogP) is 0.876. The molecule has 0 saturated heterocycles. The molecule has 76 valence electrons. The highest BCUT2D eigenvalue weighted by atomic mass is 19.3. The number of rotatable bonds is 1. The SMILES string of the molecule is NNc1cc2c(cc1N)OC(F)(F)O2. The summed E-state index contributed by atoms with van der Waals surface area (Å²) >= 11 is 0. The first-order chi connectivity index (χ1) is 6.52. The van der Waals surface area contributed by atoms with Gasteiger partial charge in [-0.1, -0.05) is 0 Å². The van der Waals surface area contributed by atoms with Crippen LogP contribution in [0, 0.1) is 0 Å². The molecule has 0 fully saturated rings. The van der Waals surface area contributed by atoms with E-state index in [0.717, 1.165) is 0 Å². The topological polar surface area (TPSA) is 82.5 Å². The average Bonchev–Trinajstić information content (AvgIpc) is 2.36. The van der Waals surface area contributed by atoms with Gasteiger partial charge in [0, 0.05) is 12.1 Å². The van der Waals surface area contributed by atoms with Crippen molar-refractivity contribution in [3.63, 3.8) is 0 Å². The Balaban J connectivity index is 2.44. The minimum atomic E-state index is -3.64. The summed E-state index contributed by atoms with van der Waals surface area (Å²) in [5, 5.41) is 0. The van der Waals surface area contributed by atoms with E-state index < -0.39 is 6.29 Å². The zero-order valence-electron chi connectivity index (χ0n) is 6.88. The Morgan fingerprint density at radius 1 is 1.21 bits per heavy atom. The number of ether oxygens (including phenoxy) is 2. The van der Waals surface area contributed by atoms with Crippen molar-refractivity contribution in [3.05, 3.63) is 12.1 Å². The highest BCUT2D eigenvalue weighted by molar-refractivity contribution is 5.72. The largest absolute Gasteiger partial charge is 0.586 e. The molecular formula is C7H7F2N3O2. The summed E-state index contributed by atoms with van der Waals surface area (Å²) in [6.07, 6.45) is -3.64. The van der Waals surface area contributed by atoms with Crippen LogP contribution in [0.1, 0.15) is 0 Å². The predicted molar refractivity (Wildman–Crippen MR) is 44.9 cm³/mol.